The van der Waals surface area contributed by atoms with Crippen molar-refractivity contribution in [3.63, 3.8) is 0 Å². The number of aromatic nitrogens is 2. The fraction of sp³-hybridized carbons (Fsp3) is 0.568. The van der Waals surface area contributed by atoms with Gasteiger partial charge in [0.15, 0.2) is 6.10 Å². The van der Waals surface area contributed by atoms with Crippen LogP contribution in [0.3, 0.4) is 0 Å². The summed E-state index contributed by atoms with van der Waals surface area (Å²) in [7, 11) is -3.17. The van der Waals surface area contributed by atoms with Gasteiger partial charge in [-0.25, -0.2) is 27.3 Å². The fourth-order valence-electron chi connectivity index (χ4n) is 8.58. The van der Waals surface area contributed by atoms with E-state index in [0.717, 1.165) is 65.5 Å². The van der Waals surface area contributed by atoms with Gasteiger partial charge in [-0.2, -0.15) is 0 Å². The first-order valence-electron chi connectivity index (χ1n) is 18.3. The molecule has 4 aliphatic heterocycles. The maximum atomic E-state index is 14.2. The second-order valence-electron chi connectivity index (χ2n) is 14.7. The highest BCUT2D eigenvalue weighted by Gasteiger charge is 2.37. The quantitative estimate of drug-likeness (QED) is 0.368. The Morgan fingerprint density at radius 3 is 2.29 bits per heavy atom. The first kappa shape index (κ1) is 35.2. The van der Waals surface area contributed by atoms with Crippen molar-refractivity contribution in [3.8, 4) is 0 Å². The van der Waals surface area contributed by atoms with Gasteiger partial charge < -0.3 is 29.7 Å². The smallest absolute Gasteiger partial charge is 0.410 e. The molecule has 2 aromatic carbocycles. The van der Waals surface area contributed by atoms with Crippen LogP contribution >= 0.6 is 0 Å². The average molecular weight is 720 g/mol. The van der Waals surface area contributed by atoms with E-state index in [-0.39, 0.29) is 24.4 Å². The Bertz CT molecular complexity index is 1860. The minimum absolute atomic E-state index is 0.00445. The molecule has 2 N–H and O–H groups in total. The molecule has 13 nitrogen and oxygen atoms in total. The third-order valence-corrected chi connectivity index (χ3v) is 12.8. The largest absolute Gasteiger partial charge is 0.436 e. The number of fused-ring (bicyclic) bond motifs is 2. The lowest BCUT2D eigenvalue weighted by molar-refractivity contribution is -0.142. The molecule has 4 amide bonds. The Kier molecular flexibility index (Phi) is 10.2. The van der Waals surface area contributed by atoms with E-state index in [1.54, 1.807) is 15.5 Å². The lowest BCUT2D eigenvalue weighted by Crippen LogP contribution is -2.52. The number of piperidine rings is 3. The van der Waals surface area contributed by atoms with Gasteiger partial charge in [-0.1, -0.05) is 24.3 Å². The van der Waals surface area contributed by atoms with Crippen molar-refractivity contribution >= 4 is 44.8 Å². The zero-order chi connectivity index (χ0) is 35.7. The summed E-state index contributed by atoms with van der Waals surface area (Å²) in [5, 5.41) is 3.05. The van der Waals surface area contributed by atoms with Gasteiger partial charge in [0.05, 0.1) is 23.6 Å². The average Bonchev–Trinajstić information content (AvgIpc) is 3.54. The third kappa shape index (κ3) is 7.86. The molecule has 0 bridgehead atoms. The summed E-state index contributed by atoms with van der Waals surface area (Å²) >= 11 is 0. The molecule has 1 aromatic heterocycles. The van der Waals surface area contributed by atoms with E-state index in [4.69, 9.17) is 4.74 Å². The molecule has 3 saturated heterocycles. The summed E-state index contributed by atoms with van der Waals surface area (Å²) in [5.74, 6) is 0.687. The van der Waals surface area contributed by atoms with Crippen molar-refractivity contribution in [3.05, 3.63) is 59.4 Å². The first-order chi connectivity index (χ1) is 24.5. The van der Waals surface area contributed by atoms with Crippen LogP contribution in [0.5, 0.6) is 0 Å². The van der Waals surface area contributed by atoms with Gasteiger partial charge >= 0.3 is 12.1 Å². The number of nitrogens with one attached hydrogen (secondary N) is 2. The monoisotopic (exact) mass is 719 g/mol. The number of urea groups is 1. The highest BCUT2D eigenvalue weighted by Crippen LogP contribution is 2.34. The van der Waals surface area contributed by atoms with Gasteiger partial charge in [0.2, 0.25) is 10.0 Å². The van der Waals surface area contributed by atoms with Crippen LogP contribution in [-0.2, 0) is 32.4 Å². The van der Waals surface area contributed by atoms with Crippen molar-refractivity contribution in [1.29, 1.82) is 0 Å². The Morgan fingerprint density at radius 1 is 0.922 bits per heavy atom. The van der Waals surface area contributed by atoms with E-state index >= 15 is 0 Å². The molecule has 0 saturated carbocycles. The molecule has 0 unspecified atom stereocenters. The van der Waals surface area contributed by atoms with Gasteiger partial charge in [0.25, 0.3) is 5.91 Å². The number of hydrogen-bond acceptors (Lipinski definition) is 7. The molecule has 0 spiro atoms. The predicted molar refractivity (Wildman–Crippen MR) is 194 cm³/mol. The van der Waals surface area contributed by atoms with Crippen LogP contribution in [0.1, 0.15) is 55.2 Å². The second-order valence-corrected chi connectivity index (χ2v) is 16.7. The SMILES string of the molecule is Cc1cc(C[C@@H](OC(=O)N2CCC(N3CCc4ccccc4NC3=O)CC2)C(=O)N2CCC(C3CCN(S(C)(=O)=O)CC3)CC2)cc2[nH]cnc12. The Balaban J connectivity index is 0.985. The van der Waals surface area contributed by atoms with Crippen molar-refractivity contribution in [1.82, 2.24) is 29.0 Å². The lowest BCUT2D eigenvalue weighted by Gasteiger charge is -2.40. The van der Waals surface area contributed by atoms with Crippen molar-refractivity contribution in [2.45, 2.75) is 70.4 Å². The number of aromatic amines is 1. The number of anilines is 1. The van der Waals surface area contributed by atoms with Crippen molar-refractivity contribution in [2.24, 2.45) is 11.8 Å². The molecule has 3 fully saturated rings. The van der Waals surface area contributed by atoms with Gasteiger partial charge in [-0.15, -0.1) is 0 Å². The maximum Gasteiger partial charge on any atom is 0.410 e. The summed E-state index contributed by atoms with van der Waals surface area (Å²) in [6, 6.07) is 11.7. The molecule has 3 aromatic rings. The molecular formula is C37H49N7O6S. The van der Waals surface area contributed by atoms with E-state index in [0.29, 0.717) is 70.5 Å². The number of nitrogens with zero attached hydrogens (tertiary/aromatic N) is 5. The molecule has 0 aliphatic carbocycles. The fourth-order valence-corrected chi connectivity index (χ4v) is 9.46. The molecule has 1 atom stereocenters. The minimum atomic E-state index is -3.17. The summed E-state index contributed by atoms with van der Waals surface area (Å²) < 4.78 is 31.7. The molecule has 7 rings (SSSR count). The van der Waals surface area contributed by atoms with Crippen LogP contribution in [0.2, 0.25) is 0 Å². The number of H-pyrrole nitrogens is 1. The Labute approximate surface area is 299 Å². The molecule has 51 heavy (non-hydrogen) atoms. The molecule has 5 heterocycles. The third-order valence-electron chi connectivity index (χ3n) is 11.5. The highest BCUT2D eigenvalue weighted by atomic mass is 32.2. The van der Waals surface area contributed by atoms with Crippen LogP contribution in [-0.4, -0.2) is 120 Å². The normalized spacial score (nSPS) is 20.9. The second kappa shape index (κ2) is 14.8. The molecule has 0 radical (unpaired) electrons. The Morgan fingerprint density at radius 2 is 1.59 bits per heavy atom. The topological polar surface area (TPSA) is 148 Å². The summed E-state index contributed by atoms with van der Waals surface area (Å²) in [5.41, 5.74) is 5.57. The van der Waals surface area contributed by atoms with Crippen LogP contribution in [0.4, 0.5) is 15.3 Å². The zero-order valence-electron chi connectivity index (χ0n) is 29.6. The van der Waals surface area contributed by atoms with E-state index < -0.39 is 22.2 Å². The zero-order valence-corrected chi connectivity index (χ0v) is 30.4. The number of amides is 4. The highest BCUT2D eigenvalue weighted by molar-refractivity contribution is 7.88. The van der Waals surface area contributed by atoms with Gasteiger partial charge in [-0.3, -0.25) is 4.79 Å². The number of ether oxygens (including phenoxy) is 1. The van der Waals surface area contributed by atoms with Crippen molar-refractivity contribution in [2.75, 3.05) is 57.4 Å². The van der Waals surface area contributed by atoms with Crippen LogP contribution in [0.15, 0.2) is 42.7 Å². The Hall–Kier alpha value is -4.17. The van der Waals surface area contributed by atoms with E-state index in [2.05, 4.69) is 15.3 Å². The number of hydrogen-bond donors (Lipinski definition) is 2. The van der Waals surface area contributed by atoms with E-state index in [1.165, 1.54) is 6.26 Å². The molecular weight excluding hydrogens is 671 g/mol. The first-order valence-corrected chi connectivity index (χ1v) is 20.2. The number of carbonyl (C=O) groups excluding carboxylic acids is 3. The number of carbonyl (C=O) groups is 3. The molecule has 274 valence electrons. The van der Waals surface area contributed by atoms with Gasteiger partial charge in [0, 0.05) is 64.0 Å². The van der Waals surface area contributed by atoms with Crippen LogP contribution in [0, 0.1) is 18.8 Å². The standard InChI is InChI=1S/C37H49N7O6S/c1-25-21-26(22-32-34(25)39-24-38-32)23-33(35(45)41-14-7-27(8-15-41)28-9-18-43(19-10-28)51(2,48)49)50-37(47)42-16-12-30(13-17-42)44-20-11-29-5-3-4-6-31(29)40-36(44)46/h3-6,21-22,24,27-28,30,33H,7-20,23H2,1-2H3,(H,38,39)(H,40,46)/t33-/m1/s1. The summed E-state index contributed by atoms with van der Waals surface area (Å²) in [4.78, 5) is 53.9. The molecule has 4 aliphatic rings. The predicted octanol–water partition coefficient (Wildman–Crippen LogP) is 4.38. The molecule has 14 heteroatoms. The number of benzene rings is 2. The van der Waals surface area contributed by atoms with Crippen molar-refractivity contribution < 1.29 is 27.5 Å². The van der Waals surface area contributed by atoms with Gasteiger partial charge in [0.1, 0.15) is 0 Å². The number of aryl methyl sites for hydroxylation is 1. The number of sulfonamides is 1. The van der Waals surface area contributed by atoms with Crippen LogP contribution < -0.4 is 5.32 Å². The lowest BCUT2D eigenvalue weighted by atomic mass is 9.79. The van der Waals surface area contributed by atoms with E-state index in [9.17, 15) is 22.8 Å². The number of rotatable bonds is 7. The maximum absolute atomic E-state index is 14.2. The number of para-hydroxylation sites is 1. The minimum Gasteiger partial charge on any atom is -0.436 e. The summed E-state index contributed by atoms with van der Waals surface area (Å²) in [6.07, 6.45) is 7.07. The van der Waals surface area contributed by atoms with Crippen LogP contribution in [0.25, 0.3) is 11.0 Å². The van der Waals surface area contributed by atoms with E-state index in [1.807, 2.05) is 53.1 Å². The number of imidazole rings is 1. The number of likely N-dealkylation sites (tertiary alicyclic amines) is 2. The van der Waals surface area contributed by atoms with Gasteiger partial charge in [-0.05, 0) is 92.5 Å². The summed E-state index contributed by atoms with van der Waals surface area (Å²) in [6.45, 7) is 5.73.